The molecule has 0 aliphatic carbocycles. The first-order valence-corrected chi connectivity index (χ1v) is 7.28. The van der Waals surface area contributed by atoms with Crippen molar-refractivity contribution in [1.29, 1.82) is 0 Å². The molecule has 1 aliphatic heterocycles. The summed E-state index contributed by atoms with van der Waals surface area (Å²) in [6, 6.07) is 0. The van der Waals surface area contributed by atoms with E-state index in [4.69, 9.17) is 0 Å². The van der Waals surface area contributed by atoms with Gasteiger partial charge < -0.3 is 10.2 Å². The van der Waals surface area contributed by atoms with Crippen LogP contribution in [-0.2, 0) is 9.59 Å². The zero-order valence-electron chi connectivity index (χ0n) is 11.5. The van der Waals surface area contributed by atoms with Crippen LogP contribution in [0.25, 0.3) is 0 Å². The van der Waals surface area contributed by atoms with Gasteiger partial charge in [-0.25, -0.2) is 0 Å². The lowest BCUT2D eigenvalue weighted by Gasteiger charge is -2.19. The van der Waals surface area contributed by atoms with Crippen LogP contribution in [0.1, 0.15) is 58.3 Å². The maximum Gasteiger partial charge on any atom is 0.222 e. The summed E-state index contributed by atoms with van der Waals surface area (Å²) in [5.74, 6) is 0.270. The van der Waals surface area contributed by atoms with Crippen LogP contribution in [0, 0.1) is 0 Å². The minimum atomic E-state index is 0.0601. The molecule has 0 spiro atoms. The van der Waals surface area contributed by atoms with Crippen LogP contribution in [0.2, 0.25) is 0 Å². The third-order valence-electron chi connectivity index (χ3n) is 3.41. The Balaban J connectivity index is 2.10. The van der Waals surface area contributed by atoms with Crippen molar-refractivity contribution < 1.29 is 9.59 Å². The molecule has 1 heterocycles. The molecule has 4 nitrogen and oxygen atoms in total. The Hall–Kier alpha value is -1.06. The highest BCUT2D eigenvalue weighted by atomic mass is 16.2. The van der Waals surface area contributed by atoms with Crippen molar-refractivity contribution in [2.24, 2.45) is 0 Å². The van der Waals surface area contributed by atoms with Crippen LogP contribution < -0.4 is 5.32 Å². The van der Waals surface area contributed by atoms with Crippen LogP contribution in [0.4, 0.5) is 0 Å². The van der Waals surface area contributed by atoms with E-state index in [9.17, 15) is 9.59 Å². The number of rotatable bonds is 7. The highest BCUT2D eigenvalue weighted by Crippen LogP contribution is 2.09. The molecule has 18 heavy (non-hydrogen) atoms. The molecule has 1 aliphatic rings. The summed E-state index contributed by atoms with van der Waals surface area (Å²) in [5, 5.41) is 2.79. The van der Waals surface area contributed by atoms with E-state index in [-0.39, 0.29) is 11.8 Å². The van der Waals surface area contributed by atoms with Crippen LogP contribution in [0.5, 0.6) is 0 Å². The number of nitrogens with one attached hydrogen (secondary N) is 1. The van der Waals surface area contributed by atoms with Gasteiger partial charge in [0.05, 0.1) is 0 Å². The number of amides is 2. The Morgan fingerprint density at radius 1 is 1.17 bits per heavy atom. The summed E-state index contributed by atoms with van der Waals surface area (Å²) in [4.78, 5) is 24.9. The molecular weight excluding hydrogens is 228 g/mol. The molecule has 104 valence electrons. The van der Waals surface area contributed by atoms with Crippen molar-refractivity contribution in [3.05, 3.63) is 0 Å². The molecule has 1 rings (SSSR count). The minimum absolute atomic E-state index is 0.0601. The topological polar surface area (TPSA) is 49.4 Å². The quantitative estimate of drug-likeness (QED) is 0.707. The fourth-order valence-corrected chi connectivity index (χ4v) is 2.23. The van der Waals surface area contributed by atoms with Gasteiger partial charge in [-0.15, -0.1) is 0 Å². The molecule has 1 saturated heterocycles. The number of hydrogen-bond donors (Lipinski definition) is 1. The Kier molecular flexibility index (Phi) is 7.46. The van der Waals surface area contributed by atoms with Gasteiger partial charge in [-0.1, -0.05) is 39.0 Å². The van der Waals surface area contributed by atoms with Gasteiger partial charge in [0.2, 0.25) is 11.8 Å². The van der Waals surface area contributed by atoms with Gasteiger partial charge in [0, 0.05) is 32.5 Å². The lowest BCUT2D eigenvalue weighted by atomic mass is 10.1. The normalized spacial score (nSPS) is 16.3. The van der Waals surface area contributed by atoms with Crippen molar-refractivity contribution in [2.45, 2.75) is 58.3 Å². The maximum atomic E-state index is 11.9. The van der Waals surface area contributed by atoms with E-state index in [0.717, 1.165) is 12.8 Å². The van der Waals surface area contributed by atoms with Crippen molar-refractivity contribution in [2.75, 3.05) is 19.6 Å². The molecule has 4 heteroatoms. The van der Waals surface area contributed by atoms with E-state index in [1.807, 2.05) is 4.90 Å². The molecule has 0 saturated carbocycles. The van der Waals surface area contributed by atoms with Crippen molar-refractivity contribution in [3.8, 4) is 0 Å². The predicted molar refractivity (Wildman–Crippen MR) is 72.2 cm³/mol. The summed E-state index contributed by atoms with van der Waals surface area (Å²) < 4.78 is 0. The zero-order chi connectivity index (χ0) is 13.2. The second-order valence-corrected chi connectivity index (χ2v) is 5.00. The maximum absolute atomic E-state index is 11.9. The van der Waals surface area contributed by atoms with Crippen molar-refractivity contribution in [1.82, 2.24) is 10.2 Å². The second-order valence-electron chi connectivity index (χ2n) is 5.00. The van der Waals surface area contributed by atoms with E-state index in [0.29, 0.717) is 32.5 Å². The first-order chi connectivity index (χ1) is 8.74. The van der Waals surface area contributed by atoms with Crippen LogP contribution in [0.15, 0.2) is 0 Å². The van der Waals surface area contributed by atoms with E-state index in [1.165, 1.54) is 25.7 Å². The van der Waals surface area contributed by atoms with Crippen LogP contribution in [-0.4, -0.2) is 36.3 Å². The van der Waals surface area contributed by atoms with Gasteiger partial charge in [-0.2, -0.15) is 0 Å². The number of carbonyl (C=O) groups is 2. The van der Waals surface area contributed by atoms with E-state index >= 15 is 0 Å². The molecule has 0 unspecified atom stereocenters. The molecule has 2 amide bonds. The highest BCUT2D eigenvalue weighted by molar-refractivity contribution is 5.80. The fourth-order valence-electron chi connectivity index (χ4n) is 2.23. The van der Waals surface area contributed by atoms with Gasteiger partial charge in [0.1, 0.15) is 0 Å². The lowest BCUT2D eigenvalue weighted by molar-refractivity contribution is -0.131. The monoisotopic (exact) mass is 254 g/mol. The summed E-state index contributed by atoms with van der Waals surface area (Å²) in [6.45, 7) is 4.06. The number of hydrogen-bond acceptors (Lipinski definition) is 2. The van der Waals surface area contributed by atoms with Gasteiger partial charge in [0.25, 0.3) is 0 Å². The standard InChI is InChI=1S/C14H26N2O2/c1-2-3-4-5-6-7-8-14(18)16-11-9-13(17)15-10-12-16/h2-12H2,1H3,(H,15,17). The third-order valence-corrected chi connectivity index (χ3v) is 3.41. The van der Waals surface area contributed by atoms with E-state index < -0.39 is 0 Å². The molecule has 0 atom stereocenters. The summed E-state index contributed by atoms with van der Waals surface area (Å²) in [5.41, 5.74) is 0. The Bertz CT molecular complexity index is 267. The number of nitrogens with zero attached hydrogens (tertiary/aromatic N) is 1. The number of unbranched alkanes of at least 4 members (excludes halogenated alkanes) is 5. The second kappa shape index (κ2) is 8.95. The summed E-state index contributed by atoms with van der Waals surface area (Å²) >= 11 is 0. The van der Waals surface area contributed by atoms with Gasteiger partial charge in [0.15, 0.2) is 0 Å². The molecule has 1 N–H and O–H groups in total. The molecule has 0 bridgehead atoms. The molecule has 0 radical (unpaired) electrons. The van der Waals surface area contributed by atoms with Gasteiger partial charge in [-0.05, 0) is 6.42 Å². The minimum Gasteiger partial charge on any atom is -0.354 e. The largest absolute Gasteiger partial charge is 0.354 e. The first-order valence-electron chi connectivity index (χ1n) is 7.28. The van der Waals surface area contributed by atoms with Crippen LogP contribution in [0.3, 0.4) is 0 Å². The van der Waals surface area contributed by atoms with Gasteiger partial charge in [-0.3, -0.25) is 9.59 Å². The fraction of sp³-hybridized carbons (Fsp3) is 0.857. The van der Waals surface area contributed by atoms with Crippen molar-refractivity contribution in [3.63, 3.8) is 0 Å². The Morgan fingerprint density at radius 3 is 2.67 bits per heavy atom. The van der Waals surface area contributed by atoms with Crippen molar-refractivity contribution >= 4 is 11.8 Å². The predicted octanol–water partition coefficient (Wildman–Crippen LogP) is 2.09. The summed E-state index contributed by atoms with van der Waals surface area (Å²) in [6.07, 6.45) is 8.30. The molecule has 0 aromatic rings. The van der Waals surface area contributed by atoms with E-state index in [1.54, 1.807) is 0 Å². The molecular formula is C14H26N2O2. The Morgan fingerprint density at radius 2 is 1.89 bits per heavy atom. The lowest BCUT2D eigenvalue weighted by Crippen LogP contribution is -2.34. The smallest absolute Gasteiger partial charge is 0.222 e. The Labute approximate surface area is 110 Å². The third kappa shape index (κ3) is 6.03. The number of carbonyl (C=O) groups excluding carboxylic acids is 2. The van der Waals surface area contributed by atoms with Crippen LogP contribution >= 0.6 is 0 Å². The van der Waals surface area contributed by atoms with Gasteiger partial charge >= 0.3 is 0 Å². The zero-order valence-corrected chi connectivity index (χ0v) is 11.5. The molecule has 0 aromatic carbocycles. The first kappa shape index (κ1) is 15.0. The molecule has 1 fully saturated rings. The SMILES string of the molecule is CCCCCCCCC(=O)N1CCNC(=O)CC1. The van der Waals surface area contributed by atoms with E-state index in [2.05, 4.69) is 12.2 Å². The average Bonchev–Trinajstić information content (AvgIpc) is 2.58. The average molecular weight is 254 g/mol. The molecule has 0 aromatic heterocycles. The highest BCUT2D eigenvalue weighted by Gasteiger charge is 2.17. The summed E-state index contributed by atoms with van der Waals surface area (Å²) in [7, 11) is 0.